The second-order valence-corrected chi connectivity index (χ2v) is 6.14. The van der Waals surface area contributed by atoms with Gasteiger partial charge in [0.1, 0.15) is 11.5 Å². The number of halogens is 1. The van der Waals surface area contributed by atoms with Gasteiger partial charge in [0.05, 0.1) is 16.0 Å². The smallest absolute Gasteiger partial charge is 0.160 e. The van der Waals surface area contributed by atoms with Gasteiger partial charge in [-0.15, -0.1) is 11.3 Å². The molecule has 2 aromatic heterocycles. The summed E-state index contributed by atoms with van der Waals surface area (Å²) in [6.45, 7) is 4.70. The number of imidazole rings is 1. The van der Waals surface area contributed by atoms with Gasteiger partial charge < -0.3 is 10.3 Å². The molecular weight excluding hydrogens is 287 g/mol. The molecule has 110 valence electrons. The molecule has 0 radical (unpaired) electrons. The third kappa shape index (κ3) is 2.56. The summed E-state index contributed by atoms with van der Waals surface area (Å²) in [4.78, 5) is 9.22. The Hall–Kier alpha value is -1.79. The van der Waals surface area contributed by atoms with Crippen molar-refractivity contribution >= 4 is 22.4 Å². The zero-order chi connectivity index (χ0) is 15.0. The maximum atomic E-state index is 13.5. The molecule has 3 rings (SSSR count). The number of aromatic nitrogens is 3. The van der Waals surface area contributed by atoms with Crippen LogP contribution in [0, 0.1) is 5.82 Å². The minimum Gasteiger partial charge on any atom is -0.330 e. The van der Waals surface area contributed by atoms with E-state index in [2.05, 4.69) is 23.8 Å². The van der Waals surface area contributed by atoms with Gasteiger partial charge in [0.2, 0.25) is 0 Å². The molecule has 1 aromatic carbocycles. The zero-order valence-corrected chi connectivity index (χ0v) is 12.8. The Morgan fingerprint density at radius 1 is 1.33 bits per heavy atom. The molecule has 0 fully saturated rings. The molecule has 0 amide bonds. The number of hydrogen-bond acceptors (Lipinski definition) is 4. The van der Waals surface area contributed by atoms with Gasteiger partial charge in [0.25, 0.3) is 0 Å². The summed E-state index contributed by atoms with van der Waals surface area (Å²) in [5.41, 5.74) is 7.98. The second kappa shape index (κ2) is 5.54. The minimum atomic E-state index is -0.252. The van der Waals surface area contributed by atoms with Gasteiger partial charge in [-0.3, -0.25) is 0 Å². The first-order valence-electron chi connectivity index (χ1n) is 6.92. The molecule has 0 spiro atoms. The SMILES string of the molecule is CC(C)n1c(-c2csc(CCN)n2)nc2ccc(F)cc21. The van der Waals surface area contributed by atoms with Crippen LogP contribution in [0.4, 0.5) is 4.39 Å². The topological polar surface area (TPSA) is 56.7 Å². The number of hydrogen-bond donors (Lipinski definition) is 1. The highest BCUT2D eigenvalue weighted by Crippen LogP contribution is 2.29. The molecule has 2 heterocycles. The second-order valence-electron chi connectivity index (χ2n) is 5.20. The molecule has 6 heteroatoms. The highest BCUT2D eigenvalue weighted by Gasteiger charge is 2.17. The molecule has 0 saturated carbocycles. The molecule has 0 aliphatic heterocycles. The lowest BCUT2D eigenvalue weighted by atomic mass is 10.3. The van der Waals surface area contributed by atoms with Gasteiger partial charge in [0, 0.05) is 17.8 Å². The summed E-state index contributed by atoms with van der Waals surface area (Å²) in [6.07, 6.45) is 0.765. The van der Waals surface area contributed by atoms with Crippen LogP contribution in [-0.2, 0) is 6.42 Å². The van der Waals surface area contributed by atoms with Crippen molar-refractivity contribution in [2.24, 2.45) is 5.73 Å². The Morgan fingerprint density at radius 3 is 2.86 bits per heavy atom. The van der Waals surface area contributed by atoms with Crippen LogP contribution in [0.5, 0.6) is 0 Å². The van der Waals surface area contributed by atoms with Crippen LogP contribution >= 0.6 is 11.3 Å². The zero-order valence-electron chi connectivity index (χ0n) is 12.0. The molecule has 2 N–H and O–H groups in total. The third-order valence-corrected chi connectivity index (χ3v) is 4.22. The highest BCUT2D eigenvalue weighted by atomic mass is 32.1. The van der Waals surface area contributed by atoms with Gasteiger partial charge in [-0.2, -0.15) is 0 Å². The molecule has 4 nitrogen and oxygen atoms in total. The Morgan fingerprint density at radius 2 is 2.14 bits per heavy atom. The van der Waals surface area contributed by atoms with Crippen LogP contribution < -0.4 is 5.73 Å². The van der Waals surface area contributed by atoms with Crippen LogP contribution in [0.1, 0.15) is 24.9 Å². The summed E-state index contributed by atoms with van der Waals surface area (Å²) in [6, 6.07) is 4.84. The van der Waals surface area contributed by atoms with Gasteiger partial charge in [-0.25, -0.2) is 14.4 Å². The highest BCUT2D eigenvalue weighted by molar-refractivity contribution is 7.09. The fourth-order valence-electron chi connectivity index (χ4n) is 2.42. The van der Waals surface area contributed by atoms with E-state index in [9.17, 15) is 4.39 Å². The molecule has 0 saturated heterocycles. The molecule has 0 aliphatic carbocycles. The van der Waals surface area contributed by atoms with Gasteiger partial charge >= 0.3 is 0 Å². The van der Waals surface area contributed by atoms with E-state index in [0.29, 0.717) is 6.54 Å². The van der Waals surface area contributed by atoms with E-state index in [-0.39, 0.29) is 11.9 Å². The lowest BCUT2D eigenvalue weighted by Gasteiger charge is -2.11. The van der Waals surface area contributed by atoms with Crippen LogP contribution in [0.25, 0.3) is 22.6 Å². The quantitative estimate of drug-likeness (QED) is 0.804. The average Bonchev–Trinajstić information content (AvgIpc) is 3.02. The molecule has 0 bridgehead atoms. The molecular formula is C15H17FN4S. The van der Waals surface area contributed by atoms with Crippen LogP contribution in [-0.4, -0.2) is 21.1 Å². The van der Waals surface area contributed by atoms with Crippen molar-refractivity contribution in [3.05, 3.63) is 34.4 Å². The minimum absolute atomic E-state index is 0.173. The summed E-state index contributed by atoms with van der Waals surface area (Å²) in [7, 11) is 0. The molecule has 0 atom stereocenters. The summed E-state index contributed by atoms with van der Waals surface area (Å²) in [5.74, 6) is 0.531. The van der Waals surface area contributed by atoms with E-state index < -0.39 is 0 Å². The molecule has 0 unspecified atom stereocenters. The first kappa shape index (κ1) is 14.2. The number of benzene rings is 1. The maximum Gasteiger partial charge on any atom is 0.160 e. The summed E-state index contributed by atoms with van der Waals surface area (Å²) in [5, 5.41) is 2.99. The third-order valence-electron chi connectivity index (χ3n) is 3.31. The van der Waals surface area contributed by atoms with Crippen molar-refractivity contribution in [2.45, 2.75) is 26.3 Å². The van der Waals surface area contributed by atoms with E-state index >= 15 is 0 Å². The number of thiazole rings is 1. The lowest BCUT2D eigenvalue weighted by Crippen LogP contribution is -2.04. The average molecular weight is 304 g/mol. The van der Waals surface area contributed by atoms with Crippen molar-refractivity contribution < 1.29 is 4.39 Å². The first-order chi connectivity index (χ1) is 10.1. The van der Waals surface area contributed by atoms with E-state index in [1.54, 1.807) is 17.4 Å². The van der Waals surface area contributed by atoms with E-state index in [0.717, 1.165) is 34.0 Å². The Balaban J connectivity index is 2.18. The van der Waals surface area contributed by atoms with Crippen molar-refractivity contribution in [1.29, 1.82) is 0 Å². The van der Waals surface area contributed by atoms with Crippen LogP contribution in [0.2, 0.25) is 0 Å². The fraction of sp³-hybridized carbons (Fsp3) is 0.333. The monoisotopic (exact) mass is 304 g/mol. The van der Waals surface area contributed by atoms with Crippen molar-refractivity contribution in [3.63, 3.8) is 0 Å². The Kier molecular flexibility index (Phi) is 3.73. The van der Waals surface area contributed by atoms with Gasteiger partial charge in [0.15, 0.2) is 5.82 Å². The predicted octanol–water partition coefficient (Wildman–Crippen LogP) is 3.38. The fourth-order valence-corrected chi connectivity index (χ4v) is 3.21. The van der Waals surface area contributed by atoms with Crippen LogP contribution in [0.15, 0.2) is 23.6 Å². The normalized spacial score (nSPS) is 11.7. The number of nitrogens with two attached hydrogens (primary N) is 1. The van der Waals surface area contributed by atoms with E-state index in [1.165, 1.54) is 12.1 Å². The van der Waals surface area contributed by atoms with E-state index in [1.807, 2.05) is 9.95 Å². The Bertz CT molecular complexity index is 775. The van der Waals surface area contributed by atoms with Crippen molar-refractivity contribution in [1.82, 2.24) is 14.5 Å². The van der Waals surface area contributed by atoms with E-state index in [4.69, 9.17) is 5.73 Å². The predicted molar refractivity (Wildman–Crippen MR) is 83.9 cm³/mol. The number of rotatable bonds is 4. The summed E-state index contributed by atoms with van der Waals surface area (Å²) >= 11 is 1.58. The Labute approximate surface area is 126 Å². The molecule has 3 aromatic rings. The molecule has 21 heavy (non-hydrogen) atoms. The van der Waals surface area contributed by atoms with Crippen LogP contribution in [0.3, 0.4) is 0 Å². The molecule has 0 aliphatic rings. The number of fused-ring (bicyclic) bond motifs is 1. The van der Waals surface area contributed by atoms with Gasteiger partial charge in [-0.1, -0.05) is 0 Å². The largest absolute Gasteiger partial charge is 0.330 e. The van der Waals surface area contributed by atoms with Crippen molar-refractivity contribution in [3.8, 4) is 11.5 Å². The lowest BCUT2D eigenvalue weighted by molar-refractivity contribution is 0.612. The maximum absolute atomic E-state index is 13.5. The number of nitrogens with zero attached hydrogens (tertiary/aromatic N) is 3. The standard InChI is InChI=1S/C15H17FN4S/c1-9(2)20-13-7-10(16)3-4-11(13)19-15(20)12-8-21-14(18-12)5-6-17/h3-4,7-9H,5-6,17H2,1-2H3. The first-order valence-corrected chi connectivity index (χ1v) is 7.80. The summed E-state index contributed by atoms with van der Waals surface area (Å²) < 4.78 is 15.6. The van der Waals surface area contributed by atoms with Crippen molar-refractivity contribution in [2.75, 3.05) is 6.54 Å². The van der Waals surface area contributed by atoms with Gasteiger partial charge in [-0.05, 0) is 38.6 Å².